The van der Waals surface area contributed by atoms with Gasteiger partial charge < -0.3 is 5.32 Å². The second kappa shape index (κ2) is 7.38. The van der Waals surface area contributed by atoms with Crippen LogP contribution in [0.25, 0.3) is 0 Å². The minimum absolute atomic E-state index is 0.0443. The standard InChI is InChI=1S/C13H24N4S/c1-4-5-8-15-12(17-14)16-10-13(2,3)11-7-6-9-18-11/h6-7,9H,4-5,8,10,14H2,1-3H3,(H2,15,16,17). The third-order valence-electron chi connectivity index (χ3n) is 2.78. The number of rotatable bonds is 6. The van der Waals surface area contributed by atoms with E-state index in [0.717, 1.165) is 19.4 Å². The second-order valence-corrected chi connectivity index (χ2v) is 5.90. The number of hydrogen-bond donors (Lipinski definition) is 3. The quantitative estimate of drug-likeness (QED) is 0.244. The molecule has 0 aliphatic rings. The van der Waals surface area contributed by atoms with Gasteiger partial charge in [-0.2, -0.15) is 0 Å². The summed E-state index contributed by atoms with van der Waals surface area (Å²) in [4.78, 5) is 5.86. The fourth-order valence-electron chi connectivity index (χ4n) is 1.55. The summed E-state index contributed by atoms with van der Waals surface area (Å²) in [6, 6.07) is 4.23. The lowest BCUT2D eigenvalue weighted by Gasteiger charge is -2.21. The molecule has 0 radical (unpaired) electrons. The van der Waals surface area contributed by atoms with E-state index in [4.69, 9.17) is 5.84 Å². The van der Waals surface area contributed by atoms with E-state index in [1.807, 2.05) is 0 Å². The van der Waals surface area contributed by atoms with E-state index in [1.165, 1.54) is 4.88 Å². The second-order valence-electron chi connectivity index (χ2n) is 4.95. The molecule has 0 saturated carbocycles. The highest BCUT2D eigenvalue weighted by Crippen LogP contribution is 2.27. The van der Waals surface area contributed by atoms with Crippen molar-refractivity contribution in [1.29, 1.82) is 0 Å². The van der Waals surface area contributed by atoms with Crippen LogP contribution in [-0.4, -0.2) is 19.0 Å². The maximum absolute atomic E-state index is 5.46. The Balaban J connectivity index is 2.54. The normalized spacial score (nSPS) is 12.6. The van der Waals surface area contributed by atoms with Gasteiger partial charge in [-0.3, -0.25) is 10.4 Å². The predicted octanol–water partition coefficient (Wildman–Crippen LogP) is 2.23. The number of hydrazine groups is 1. The molecule has 1 aromatic heterocycles. The van der Waals surface area contributed by atoms with Crippen molar-refractivity contribution in [2.24, 2.45) is 10.8 Å². The first-order valence-electron chi connectivity index (χ1n) is 6.39. The maximum atomic E-state index is 5.46. The summed E-state index contributed by atoms with van der Waals surface area (Å²) in [6.45, 7) is 8.17. The zero-order valence-electron chi connectivity index (χ0n) is 11.5. The zero-order valence-corrected chi connectivity index (χ0v) is 12.3. The Hall–Kier alpha value is -1.07. The van der Waals surface area contributed by atoms with Gasteiger partial charge in [0.1, 0.15) is 0 Å². The van der Waals surface area contributed by atoms with Gasteiger partial charge in [0.15, 0.2) is 0 Å². The molecule has 0 unspecified atom stereocenters. The Bertz CT molecular complexity index is 357. The van der Waals surface area contributed by atoms with Gasteiger partial charge in [-0.05, 0) is 17.9 Å². The van der Waals surface area contributed by atoms with Gasteiger partial charge in [0.2, 0.25) is 5.96 Å². The van der Waals surface area contributed by atoms with Gasteiger partial charge in [0.25, 0.3) is 0 Å². The van der Waals surface area contributed by atoms with Crippen molar-refractivity contribution in [2.75, 3.05) is 13.1 Å². The van der Waals surface area contributed by atoms with Crippen molar-refractivity contribution < 1.29 is 0 Å². The smallest absolute Gasteiger partial charge is 0.205 e. The van der Waals surface area contributed by atoms with Crippen molar-refractivity contribution in [2.45, 2.75) is 39.0 Å². The van der Waals surface area contributed by atoms with E-state index in [-0.39, 0.29) is 5.41 Å². The Morgan fingerprint density at radius 2 is 2.28 bits per heavy atom. The van der Waals surface area contributed by atoms with Crippen molar-refractivity contribution >= 4 is 17.3 Å². The van der Waals surface area contributed by atoms with Crippen molar-refractivity contribution in [3.05, 3.63) is 22.4 Å². The van der Waals surface area contributed by atoms with Crippen LogP contribution >= 0.6 is 11.3 Å². The minimum atomic E-state index is 0.0443. The van der Waals surface area contributed by atoms with Crippen LogP contribution in [0.1, 0.15) is 38.5 Å². The maximum Gasteiger partial charge on any atom is 0.205 e. The van der Waals surface area contributed by atoms with Crippen molar-refractivity contribution in [3.63, 3.8) is 0 Å². The SMILES string of the molecule is CCCCNC(=NCC(C)(C)c1cccs1)NN. The Labute approximate surface area is 114 Å². The highest BCUT2D eigenvalue weighted by molar-refractivity contribution is 7.10. The van der Waals surface area contributed by atoms with Gasteiger partial charge in [0.05, 0.1) is 6.54 Å². The molecular weight excluding hydrogens is 244 g/mol. The lowest BCUT2D eigenvalue weighted by atomic mass is 9.92. The van der Waals surface area contributed by atoms with E-state index in [2.05, 4.69) is 54.0 Å². The van der Waals surface area contributed by atoms with Gasteiger partial charge in [-0.1, -0.05) is 33.3 Å². The first-order valence-corrected chi connectivity index (χ1v) is 7.27. The molecule has 4 nitrogen and oxygen atoms in total. The number of nitrogens with two attached hydrogens (primary N) is 1. The number of unbranched alkanes of at least 4 members (excludes halogenated alkanes) is 1. The van der Waals surface area contributed by atoms with Crippen LogP contribution < -0.4 is 16.6 Å². The lowest BCUT2D eigenvalue weighted by molar-refractivity contribution is 0.548. The van der Waals surface area contributed by atoms with Gasteiger partial charge in [-0.25, -0.2) is 5.84 Å². The monoisotopic (exact) mass is 268 g/mol. The highest BCUT2D eigenvalue weighted by atomic mass is 32.1. The third kappa shape index (κ3) is 4.66. The summed E-state index contributed by atoms with van der Waals surface area (Å²) >= 11 is 1.77. The number of hydrogen-bond acceptors (Lipinski definition) is 3. The van der Waals surface area contributed by atoms with Crippen molar-refractivity contribution in [1.82, 2.24) is 10.7 Å². The van der Waals surface area contributed by atoms with Gasteiger partial charge in [0, 0.05) is 16.8 Å². The molecule has 18 heavy (non-hydrogen) atoms. The summed E-state index contributed by atoms with van der Waals surface area (Å²) in [5.74, 6) is 6.14. The topological polar surface area (TPSA) is 62.4 Å². The molecule has 0 bridgehead atoms. The van der Waals surface area contributed by atoms with Crippen LogP contribution in [0.4, 0.5) is 0 Å². The molecular formula is C13H24N4S. The predicted molar refractivity (Wildman–Crippen MR) is 79.9 cm³/mol. The van der Waals surface area contributed by atoms with Crippen LogP contribution in [0.5, 0.6) is 0 Å². The van der Waals surface area contributed by atoms with E-state index in [9.17, 15) is 0 Å². The van der Waals surface area contributed by atoms with Gasteiger partial charge in [-0.15, -0.1) is 11.3 Å². The van der Waals surface area contributed by atoms with E-state index >= 15 is 0 Å². The Morgan fingerprint density at radius 1 is 1.50 bits per heavy atom. The van der Waals surface area contributed by atoms with E-state index in [1.54, 1.807) is 11.3 Å². The summed E-state index contributed by atoms with van der Waals surface area (Å²) in [5, 5.41) is 5.31. The number of aliphatic imine (C=N–C) groups is 1. The molecule has 0 atom stereocenters. The van der Waals surface area contributed by atoms with E-state index < -0.39 is 0 Å². The highest BCUT2D eigenvalue weighted by Gasteiger charge is 2.21. The fraction of sp³-hybridized carbons (Fsp3) is 0.615. The number of guanidine groups is 1. The molecule has 0 amide bonds. The molecule has 1 aromatic rings. The van der Waals surface area contributed by atoms with Crippen LogP contribution in [0.15, 0.2) is 22.5 Å². The molecule has 0 aliphatic heterocycles. The molecule has 0 aromatic carbocycles. The molecule has 1 rings (SSSR count). The van der Waals surface area contributed by atoms with Crippen LogP contribution in [0.3, 0.4) is 0 Å². The van der Waals surface area contributed by atoms with E-state index in [0.29, 0.717) is 12.5 Å². The fourth-order valence-corrected chi connectivity index (χ4v) is 2.40. The number of thiophene rings is 1. The summed E-state index contributed by atoms with van der Waals surface area (Å²) in [5.41, 5.74) is 2.67. The molecule has 102 valence electrons. The van der Waals surface area contributed by atoms with Crippen LogP contribution in [0, 0.1) is 0 Å². The number of nitrogens with one attached hydrogen (secondary N) is 2. The summed E-state index contributed by atoms with van der Waals surface area (Å²) in [7, 11) is 0. The van der Waals surface area contributed by atoms with Crippen LogP contribution in [-0.2, 0) is 5.41 Å². The molecule has 5 heteroatoms. The third-order valence-corrected chi connectivity index (χ3v) is 4.02. The molecule has 0 aliphatic carbocycles. The minimum Gasteiger partial charge on any atom is -0.355 e. The van der Waals surface area contributed by atoms with Crippen LogP contribution in [0.2, 0.25) is 0 Å². The average molecular weight is 268 g/mol. The zero-order chi connectivity index (χ0) is 13.4. The summed E-state index contributed by atoms with van der Waals surface area (Å²) in [6.07, 6.45) is 2.28. The Kier molecular flexibility index (Phi) is 6.15. The van der Waals surface area contributed by atoms with Gasteiger partial charge >= 0.3 is 0 Å². The largest absolute Gasteiger partial charge is 0.355 e. The molecule has 0 spiro atoms. The molecule has 1 heterocycles. The molecule has 0 saturated heterocycles. The number of nitrogens with zero attached hydrogens (tertiary/aromatic N) is 1. The average Bonchev–Trinajstić information content (AvgIpc) is 2.88. The van der Waals surface area contributed by atoms with Crippen molar-refractivity contribution in [3.8, 4) is 0 Å². The first kappa shape index (κ1) is 15.0. The Morgan fingerprint density at radius 3 is 2.83 bits per heavy atom. The lowest BCUT2D eigenvalue weighted by Crippen LogP contribution is -2.42. The molecule has 0 fully saturated rings. The summed E-state index contributed by atoms with van der Waals surface area (Å²) < 4.78 is 0. The first-order chi connectivity index (χ1) is 8.60. The molecule has 4 N–H and O–H groups in total.